The van der Waals surface area contributed by atoms with E-state index in [4.69, 9.17) is 16.6 Å². The highest BCUT2D eigenvalue weighted by Crippen LogP contribution is 2.25. The Kier molecular flexibility index (Phi) is 7.46. The number of pyridine rings is 1. The van der Waals surface area contributed by atoms with Crippen molar-refractivity contribution < 1.29 is 4.39 Å². The van der Waals surface area contributed by atoms with Crippen LogP contribution in [0, 0.1) is 24.1 Å². The lowest BCUT2D eigenvalue weighted by molar-refractivity contribution is 0.312. The van der Waals surface area contributed by atoms with Crippen LogP contribution in [0.15, 0.2) is 46.5 Å². The molecule has 3 aromatic rings. The zero-order chi connectivity index (χ0) is 25.7. The predicted octanol–water partition coefficient (Wildman–Crippen LogP) is 2.13. The molecule has 0 bridgehead atoms. The minimum absolute atomic E-state index is 0.00663. The Bertz CT molecular complexity index is 1350. The van der Waals surface area contributed by atoms with E-state index in [2.05, 4.69) is 43.0 Å². The highest BCUT2D eigenvalue weighted by atomic mass is 19.1. The van der Waals surface area contributed by atoms with Crippen molar-refractivity contribution in [1.82, 2.24) is 19.9 Å². The average molecular weight is 487 g/mol. The maximum Gasteiger partial charge on any atom is 0.193 e. The highest BCUT2D eigenvalue weighted by molar-refractivity contribution is 6.37. The molecule has 4 rings (SSSR count). The van der Waals surface area contributed by atoms with Crippen molar-refractivity contribution in [2.75, 3.05) is 43.9 Å². The van der Waals surface area contributed by atoms with Gasteiger partial charge >= 0.3 is 0 Å². The number of nitriles is 1. The van der Waals surface area contributed by atoms with Gasteiger partial charge in [-0.15, -0.1) is 0 Å². The lowest BCUT2D eigenvalue weighted by Crippen LogP contribution is -2.44. The molecule has 11 heteroatoms. The summed E-state index contributed by atoms with van der Waals surface area (Å²) in [5.41, 5.74) is 8.10. The van der Waals surface area contributed by atoms with Gasteiger partial charge in [0, 0.05) is 31.7 Å². The highest BCUT2D eigenvalue weighted by Gasteiger charge is 2.19. The second-order valence-electron chi connectivity index (χ2n) is 8.45. The number of aliphatic imine (C=N–C) groups is 1. The number of nitrogens with zero attached hydrogens (tertiary/aromatic N) is 8. The molecule has 1 aliphatic rings. The van der Waals surface area contributed by atoms with Gasteiger partial charge in [0.2, 0.25) is 0 Å². The third-order valence-electron chi connectivity index (χ3n) is 6.04. The van der Waals surface area contributed by atoms with Crippen LogP contribution >= 0.6 is 0 Å². The van der Waals surface area contributed by atoms with E-state index in [0.29, 0.717) is 16.7 Å². The van der Waals surface area contributed by atoms with E-state index < -0.39 is 5.82 Å². The smallest absolute Gasteiger partial charge is 0.193 e. The Hall–Kier alpha value is -4.43. The molecule has 0 radical (unpaired) electrons. The van der Waals surface area contributed by atoms with Crippen LogP contribution < -0.4 is 16.5 Å². The number of likely N-dealkylation sites (N-methyl/N-ethyl adjacent to an activating group) is 1. The van der Waals surface area contributed by atoms with Gasteiger partial charge in [0.15, 0.2) is 17.5 Å². The summed E-state index contributed by atoms with van der Waals surface area (Å²) in [4.78, 5) is 22.0. The molecule has 0 amide bonds. The Morgan fingerprint density at radius 3 is 2.61 bits per heavy atom. The number of nitrogen functional groups attached to an aromatic ring is 1. The van der Waals surface area contributed by atoms with E-state index in [0.717, 1.165) is 37.7 Å². The normalized spacial score (nSPS) is 14.8. The first-order chi connectivity index (χ1) is 17.4. The largest absolute Gasteiger partial charge is 0.381 e. The summed E-state index contributed by atoms with van der Waals surface area (Å²) in [6.45, 7) is 5.80. The Labute approximate surface area is 208 Å². The number of hydrogen-bond acceptors (Lipinski definition) is 10. The van der Waals surface area contributed by atoms with Crippen LogP contribution in [0.4, 0.5) is 16.0 Å². The van der Waals surface area contributed by atoms with Gasteiger partial charge in [-0.1, -0.05) is 18.2 Å². The van der Waals surface area contributed by atoms with Crippen LogP contribution in [0.1, 0.15) is 22.5 Å². The summed E-state index contributed by atoms with van der Waals surface area (Å²) in [6, 6.07) is 13.0. The van der Waals surface area contributed by atoms with Crippen LogP contribution in [0.2, 0.25) is 0 Å². The SMILES string of the molecule is Cc1c(C#N)cccc1-c1nc(N)c(F)c(C(C=NCc2cccc(N3CCN(C)CC3)n2)=NN)n1. The molecule has 0 spiro atoms. The first-order valence-electron chi connectivity index (χ1n) is 11.4. The van der Waals surface area contributed by atoms with E-state index in [1.807, 2.05) is 18.2 Å². The molecule has 3 heterocycles. The van der Waals surface area contributed by atoms with Crippen molar-refractivity contribution in [3.8, 4) is 17.5 Å². The lowest BCUT2D eigenvalue weighted by atomic mass is 10.0. The molecular weight excluding hydrogens is 459 g/mol. The maximum absolute atomic E-state index is 14.9. The molecule has 1 saturated heterocycles. The van der Waals surface area contributed by atoms with Gasteiger partial charge in [-0.2, -0.15) is 10.4 Å². The summed E-state index contributed by atoms with van der Waals surface area (Å²) in [5, 5.41) is 13.0. The van der Waals surface area contributed by atoms with E-state index in [-0.39, 0.29) is 29.6 Å². The van der Waals surface area contributed by atoms with Crippen molar-refractivity contribution in [2.24, 2.45) is 15.9 Å². The topological polar surface area (TPSA) is 146 Å². The maximum atomic E-state index is 14.9. The van der Waals surface area contributed by atoms with E-state index in [1.54, 1.807) is 25.1 Å². The van der Waals surface area contributed by atoms with Crippen LogP contribution in [-0.2, 0) is 6.54 Å². The molecule has 1 aromatic carbocycles. The summed E-state index contributed by atoms with van der Waals surface area (Å²) < 4.78 is 14.9. The monoisotopic (exact) mass is 486 g/mol. The van der Waals surface area contributed by atoms with Crippen LogP contribution in [-0.4, -0.2) is 65.0 Å². The quantitative estimate of drug-likeness (QED) is 0.306. The van der Waals surface area contributed by atoms with Crippen molar-refractivity contribution in [1.29, 1.82) is 5.26 Å². The standard InChI is InChI=1S/C25H27FN10/c1-16-17(13-27)5-3-7-19(16)25-32-23(22(26)24(28)33-25)20(34-29)15-30-14-18-6-4-8-21(31-18)36-11-9-35(2)10-12-36/h3-8,15H,9-12,14,29H2,1-2H3,(H2,28,32,33). The number of hydrogen-bond donors (Lipinski definition) is 2. The minimum atomic E-state index is -0.848. The molecule has 10 nitrogen and oxygen atoms in total. The van der Waals surface area contributed by atoms with Crippen LogP contribution in [0.25, 0.3) is 11.4 Å². The van der Waals surface area contributed by atoms with Gasteiger partial charge in [0.05, 0.1) is 30.1 Å². The molecular formula is C25H27FN10. The Balaban J connectivity index is 1.56. The number of halogens is 1. The molecule has 0 atom stereocenters. The van der Waals surface area contributed by atoms with Crippen LogP contribution in [0.3, 0.4) is 0 Å². The average Bonchev–Trinajstić information content (AvgIpc) is 2.89. The van der Waals surface area contributed by atoms with Crippen molar-refractivity contribution in [3.05, 3.63) is 64.7 Å². The van der Waals surface area contributed by atoms with Gasteiger partial charge in [-0.05, 0) is 37.7 Å². The molecule has 1 aliphatic heterocycles. The second-order valence-corrected chi connectivity index (χ2v) is 8.45. The molecule has 4 N–H and O–H groups in total. The van der Waals surface area contributed by atoms with Gasteiger partial charge in [0.25, 0.3) is 0 Å². The number of anilines is 2. The Morgan fingerprint density at radius 1 is 1.14 bits per heavy atom. The molecule has 0 unspecified atom stereocenters. The third-order valence-corrected chi connectivity index (χ3v) is 6.04. The summed E-state index contributed by atoms with van der Waals surface area (Å²) in [6.07, 6.45) is 1.34. The van der Waals surface area contributed by atoms with E-state index in [9.17, 15) is 9.65 Å². The predicted molar refractivity (Wildman–Crippen MR) is 138 cm³/mol. The first-order valence-corrected chi connectivity index (χ1v) is 11.4. The van der Waals surface area contributed by atoms with E-state index in [1.165, 1.54) is 6.21 Å². The molecule has 36 heavy (non-hydrogen) atoms. The second kappa shape index (κ2) is 10.9. The number of nitrogens with two attached hydrogens (primary N) is 2. The number of hydrazone groups is 1. The first kappa shape index (κ1) is 24.7. The number of aromatic nitrogens is 3. The molecule has 1 fully saturated rings. The van der Waals surface area contributed by atoms with Gasteiger partial charge in [-0.3, -0.25) is 4.99 Å². The third kappa shape index (κ3) is 5.29. The number of benzene rings is 1. The number of piperazine rings is 1. The minimum Gasteiger partial charge on any atom is -0.381 e. The molecule has 2 aromatic heterocycles. The van der Waals surface area contributed by atoms with Gasteiger partial charge in [0.1, 0.15) is 17.2 Å². The summed E-state index contributed by atoms with van der Waals surface area (Å²) in [7, 11) is 2.11. The lowest BCUT2D eigenvalue weighted by Gasteiger charge is -2.33. The number of rotatable bonds is 6. The fourth-order valence-electron chi connectivity index (χ4n) is 3.90. The fourth-order valence-corrected chi connectivity index (χ4v) is 3.90. The summed E-state index contributed by atoms with van der Waals surface area (Å²) in [5.74, 6) is 5.42. The van der Waals surface area contributed by atoms with Crippen molar-refractivity contribution in [2.45, 2.75) is 13.5 Å². The Morgan fingerprint density at radius 2 is 1.89 bits per heavy atom. The molecule has 0 aliphatic carbocycles. The zero-order valence-corrected chi connectivity index (χ0v) is 20.2. The van der Waals surface area contributed by atoms with Crippen LogP contribution in [0.5, 0.6) is 0 Å². The fraction of sp³-hybridized carbons (Fsp3) is 0.280. The van der Waals surface area contributed by atoms with Crippen molar-refractivity contribution in [3.63, 3.8) is 0 Å². The molecule has 184 valence electrons. The van der Waals surface area contributed by atoms with E-state index >= 15 is 0 Å². The van der Waals surface area contributed by atoms with Gasteiger partial charge in [-0.25, -0.2) is 19.3 Å². The molecule has 0 saturated carbocycles. The summed E-state index contributed by atoms with van der Waals surface area (Å²) >= 11 is 0. The van der Waals surface area contributed by atoms with Crippen molar-refractivity contribution >= 4 is 23.6 Å². The zero-order valence-electron chi connectivity index (χ0n) is 20.2. The van der Waals surface area contributed by atoms with Gasteiger partial charge < -0.3 is 21.4 Å².